The van der Waals surface area contributed by atoms with Crippen molar-refractivity contribution in [3.63, 3.8) is 0 Å². The molecule has 1 saturated carbocycles. The van der Waals surface area contributed by atoms with Crippen LogP contribution in [0.3, 0.4) is 0 Å². The lowest BCUT2D eigenvalue weighted by molar-refractivity contribution is -0.145. The minimum atomic E-state index is -0.986. The van der Waals surface area contributed by atoms with Gasteiger partial charge in [-0.05, 0) is 49.3 Å². The SMILES string of the molecule is O=C(O)C1(c2cc3c(cc2F)CCC3)CCCCC1. The molecule has 1 aromatic rings. The number of halogens is 1. The lowest BCUT2D eigenvalue weighted by Gasteiger charge is -2.34. The van der Waals surface area contributed by atoms with Crippen LogP contribution in [-0.4, -0.2) is 11.1 Å². The molecule has 19 heavy (non-hydrogen) atoms. The summed E-state index contributed by atoms with van der Waals surface area (Å²) in [5.41, 5.74) is 1.67. The summed E-state index contributed by atoms with van der Waals surface area (Å²) in [7, 11) is 0. The Hall–Kier alpha value is -1.38. The van der Waals surface area contributed by atoms with E-state index in [-0.39, 0.29) is 5.82 Å². The van der Waals surface area contributed by atoms with Gasteiger partial charge in [0, 0.05) is 5.56 Å². The Labute approximate surface area is 112 Å². The highest BCUT2D eigenvalue weighted by atomic mass is 19.1. The molecule has 3 rings (SSSR count). The van der Waals surface area contributed by atoms with Gasteiger partial charge in [-0.25, -0.2) is 4.39 Å². The number of carboxylic acids is 1. The number of hydrogen-bond donors (Lipinski definition) is 1. The summed E-state index contributed by atoms with van der Waals surface area (Å²) in [6, 6.07) is 3.42. The van der Waals surface area contributed by atoms with Gasteiger partial charge in [-0.1, -0.05) is 25.3 Å². The number of aryl methyl sites for hydroxylation is 2. The molecule has 2 nitrogen and oxygen atoms in total. The number of rotatable bonds is 2. The maximum absolute atomic E-state index is 14.4. The summed E-state index contributed by atoms with van der Waals surface area (Å²) in [5, 5.41) is 9.65. The van der Waals surface area contributed by atoms with Crippen LogP contribution in [-0.2, 0) is 23.1 Å². The van der Waals surface area contributed by atoms with Crippen LogP contribution in [0.5, 0.6) is 0 Å². The maximum atomic E-state index is 14.4. The quantitative estimate of drug-likeness (QED) is 0.884. The Morgan fingerprint density at radius 3 is 2.32 bits per heavy atom. The second-order valence-electron chi connectivity index (χ2n) is 5.90. The van der Waals surface area contributed by atoms with Crippen LogP contribution in [0.1, 0.15) is 55.2 Å². The van der Waals surface area contributed by atoms with Crippen molar-refractivity contribution < 1.29 is 14.3 Å². The fourth-order valence-corrected chi connectivity index (χ4v) is 3.71. The summed E-state index contributed by atoms with van der Waals surface area (Å²) < 4.78 is 14.4. The summed E-state index contributed by atoms with van der Waals surface area (Å²) in [4.78, 5) is 11.8. The first-order valence-electron chi connectivity index (χ1n) is 7.19. The molecule has 102 valence electrons. The van der Waals surface area contributed by atoms with E-state index < -0.39 is 11.4 Å². The second kappa shape index (κ2) is 4.62. The van der Waals surface area contributed by atoms with Crippen molar-refractivity contribution in [3.05, 3.63) is 34.6 Å². The van der Waals surface area contributed by atoms with Crippen molar-refractivity contribution in [2.75, 3.05) is 0 Å². The highest BCUT2D eigenvalue weighted by Gasteiger charge is 2.43. The molecule has 0 radical (unpaired) electrons. The molecule has 0 unspecified atom stereocenters. The molecule has 0 aliphatic heterocycles. The molecule has 1 fully saturated rings. The third-order valence-corrected chi connectivity index (χ3v) is 4.81. The summed E-state index contributed by atoms with van der Waals surface area (Å²) in [6.07, 6.45) is 6.88. The zero-order valence-electron chi connectivity index (χ0n) is 11.0. The fraction of sp³-hybridized carbons (Fsp3) is 0.562. The minimum absolute atomic E-state index is 0.315. The molecular formula is C16H19FO2. The van der Waals surface area contributed by atoms with Crippen LogP contribution >= 0.6 is 0 Å². The predicted octanol–water partition coefficient (Wildman–Crippen LogP) is 3.60. The standard InChI is InChI=1S/C16H19FO2/c17-14-10-12-6-4-5-11(12)9-13(14)16(15(18)19)7-2-1-3-8-16/h9-10H,1-8H2,(H,18,19). The van der Waals surface area contributed by atoms with Crippen molar-refractivity contribution in [1.29, 1.82) is 0 Å². The lowest BCUT2D eigenvalue weighted by Crippen LogP contribution is -2.38. The molecular weight excluding hydrogens is 243 g/mol. The van der Waals surface area contributed by atoms with Gasteiger partial charge in [0.05, 0.1) is 5.41 Å². The average molecular weight is 262 g/mol. The maximum Gasteiger partial charge on any atom is 0.314 e. The Bertz CT molecular complexity index is 516. The molecule has 2 aliphatic rings. The van der Waals surface area contributed by atoms with Crippen LogP contribution in [0.4, 0.5) is 4.39 Å². The van der Waals surface area contributed by atoms with Crippen LogP contribution < -0.4 is 0 Å². The molecule has 1 aromatic carbocycles. The van der Waals surface area contributed by atoms with E-state index in [0.717, 1.165) is 49.7 Å². The molecule has 3 heteroatoms. The van der Waals surface area contributed by atoms with Gasteiger partial charge in [-0.3, -0.25) is 4.79 Å². The third-order valence-electron chi connectivity index (χ3n) is 4.81. The molecule has 0 saturated heterocycles. The van der Waals surface area contributed by atoms with E-state index in [0.29, 0.717) is 18.4 Å². The number of fused-ring (bicyclic) bond motifs is 1. The monoisotopic (exact) mass is 262 g/mol. The number of aliphatic carboxylic acids is 1. The fourth-order valence-electron chi connectivity index (χ4n) is 3.71. The van der Waals surface area contributed by atoms with Gasteiger partial charge in [-0.15, -0.1) is 0 Å². The lowest BCUT2D eigenvalue weighted by atomic mass is 9.69. The van der Waals surface area contributed by atoms with Crippen molar-refractivity contribution in [2.24, 2.45) is 0 Å². The van der Waals surface area contributed by atoms with Gasteiger partial charge in [0.25, 0.3) is 0 Å². The van der Waals surface area contributed by atoms with E-state index in [2.05, 4.69) is 0 Å². The second-order valence-corrected chi connectivity index (χ2v) is 5.90. The van der Waals surface area contributed by atoms with Gasteiger partial charge < -0.3 is 5.11 Å². The molecule has 0 bridgehead atoms. The normalized spacial score (nSPS) is 21.1. The third kappa shape index (κ3) is 1.96. The number of carbonyl (C=O) groups is 1. The summed E-state index contributed by atoms with van der Waals surface area (Å²) >= 11 is 0. The van der Waals surface area contributed by atoms with Crippen molar-refractivity contribution in [1.82, 2.24) is 0 Å². The van der Waals surface area contributed by atoms with Gasteiger partial charge in [-0.2, -0.15) is 0 Å². The van der Waals surface area contributed by atoms with E-state index in [4.69, 9.17) is 0 Å². The molecule has 0 spiro atoms. The van der Waals surface area contributed by atoms with Crippen molar-refractivity contribution in [2.45, 2.75) is 56.8 Å². The van der Waals surface area contributed by atoms with E-state index in [1.807, 2.05) is 6.07 Å². The molecule has 0 heterocycles. The molecule has 1 N–H and O–H groups in total. The number of carboxylic acid groups (broad SMARTS) is 1. The first kappa shape index (κ1) is 12.6. The molecule has 0 atom stereocenters. The smallest absolute Gasteiger partial charge is 0.314 e. The van der Waals surface area contributed by atoms with Gasteiger partial charge in [0.15, 0.2) is 0 Å². The van der Waals surface area contributed by atoms with Gasteiger partial charge in [0.1, 0.15) is 5.82 Å². The topological polar surface area (TPSA) is 37.3 Å². The summed E-state index contributed by atoms with van der Waals surface area (Å²) in [5.74, 6) is -1.17. The Morgan fingerprint density at radius 2 is 1.68 bits per heavy atom. The summed E-state index contributed by atoms with van der Waals surface area (Å²) in [6.45, 7) is 0. The minimum Gasteiger partial charge on any atom is -0.481 e. The predicted molar refractivity (Wildman–Crippen MR) is 70.8 cm³/mol. The van der Waals surface area contributed by atoms with Crippen LogP contribution in [0.15, 0.2) is 12.1 Å². The van der Waals surface area contributed by atoms with Gasteiger partial charge >= 0.3 is 5.97 Å². The highest BCUT2D eigenvalue weighted by molar-refractivity contribution is 5.81. The van der Waals surface area contributed by atoms with E-state index in [9.17, 15) is 14.3 Å². The van der Waals surface area contributed by atoms with Crippen molar-refractivity contribution >= 4 is 5.97 Å². The van der Waals surface area contributed by atoms with E-state index in [1.165, 1.54) is 0 Å². The zero-order chi connectivity index (χ0) is 13.5. The van der Waals surface area contributed by atoms with E-state index >= 15 is 0 Å². The zero-order valence-corrected chi connectivity index (χ0v) is 11.0. The Balaban J connectivity index is 2.10. The first-order valence-corrected chi connectivity index (χ1v) is 7.19. The van der Waals surface area contributed by atoms with Crippen LogP contribution in [0, 0.1) is 5.82 Å². The Kier molecular flexibility index (Phi) is 3.08. The van der Waals surface area contributed by atoms with E-state index in [1.54, 1.807) is 6.07 Å². The van der Waals surface area contributed by atoms with Crippen LogP contribution in [0.25, 0.3) is 0 Å². The molecule has 0 aromatic heterocycles. The number of benzene rings is 1. The Morgan fingerprint density at radius 1 is 1.05 bits per heavy atom. The largest absolute Gasteiger partial charge is 0.481 e. The molecule has 0 amide bonds. The highest BCUT2D eigenvalue weighted by Crippen LogP contribution is 2.42. The number of hydrogen-bond acceptors (Lipinski definition) is 1. The van der Waals surface area contributed by atoms with Crippen LogP contribution in [0.2, 0.25) is 0 Å². The van der Waals surface area contributed by atoms with Crippen molar-refractivity contribution in [3.8, 4) is 0 Å². The van der Waals surface area contributed by atoms with Gasteiger partial charge in [0.2, 0.25) is 0 Å². The molecule has 2 aliphatic carbocycles. The average Bonchev–Trinajstić information content (AvgIpc) is 2.85. The first-order chi connectivity index (χ1) is 9.13.